The number of alkyl halides is 3. The van der Waals surface area contributed by atoms with Crippen LogP contribution in [0.3, 0.4) is 0 Å². The minimum atomic E-state index is -4.41. The summed E-state index contributed by atoms with van der Waals surface area (Å²) in [6.45, 7) is 1.64. The Morgan fingerprint density at radius 3 is 2.58 bits per heavy atom. The van der Waals surface area contributed by atoms with Crippen LogP contribution in [0, 0.1) is 0 Å². The quantitative estimate of drug-likeness (QED) is 0.676. The number of nitrogens with one attached hydrogen (secondary N) is 1. The van der Waals surface area contributed by atoms with E-state index in [1.54, 1.807) is 0 Å². The van der Waals surface area contributed by atoms with E-state index >= 15 is 0 Å². The van der Waals surface area contributed by atoms with Gasteiger partial charge >= 0.3 is 12.1 Å². The van der Waals surface area contributed by atoms with Crippen molar-refractivity contribution >= 4 is 11.7 Å². The van der Waals surface area contributed by atoms with Gasteiger partial charge in [0.05, 0.1) is 12.7 Å². The molecule has 6 heteroatoms. The molecule has 0 radical (unpaired) electrons. The van der Waals surface area contributed by atoms with Crippen LogP contribution in [0.4, 0.5) is 18.9 Å². The Labute approximate surface area is 109 Å². The highest BCUT2D eigenvalue weighted by molar-refractivity contribution is 5.87. The second-order valence-electron chi connectivity index (χ2n) is 3.80. The second-order valence-corrected chi connectivity index (χ2v) is 3.80. The Bertz CT molecular complexity index is 481. The lowest BCUT2D eigenvalue weighted by Crippen LogP contribution is -2.11. The van der Waals surface area contributed by atoms with E-state index in [4.69, 9.17) is 0 Å². The van der Waals surface area contributed by atoms with E-state index in [1.165, 1.54) is 38.3 Å². The van der Waals surface area contributed by atoms with Crippen molar-refractivity contribution in [1.82, 2.24) is 0 Å². The highest BCUT2D eigenvalue weighted by Gasteiger charge is 2.32. The molecule has 0 amide bonds. The predicted molar refractivity (Wildman–Crippen MR) is 65.7 cm³/mol. The summed E-state index contributed by atoms with van der Waals surface area (Å²) >= 11 is 0. The molecule has 1 rings (SSSR count). The smallest absolute Gasteiger partial charge is 0.418 e. The highest BCUT2D eigenvalue weighted by Crippen LogP contribution is 2.34. The molecule has 0 fully saturated rings. The lowest BCUT2D eigenvalue weighted by Gasteiger charge is -2.13. The van der Waals surface area contributed by atoms with Gasteiger partial charge in [-0.2, -0.15) is 13.2 Å². The maximum Gasteiger partial charge on any atom is 0.418 e. The molecule has 0 aromatic heterocycles. The standard InChI is InChI=1S/C13H14F3NO2/c1-9(12(18)19-2)7-8-17-11-6-4-3-5-10(11)13(14,15)16/h3-7,17H,8H2,1-2H3/b9-7+. The number of carbonyl (C=O) groups excluding carboxylic acids is 1. The third-order valence-corrected chi connectivity index (χ3v) is 2.44. The Morgan fingerprint density at radius 1 is 1.37 bits per heavy atom. The van der Waals surface area contributed by atoms with Crippen LogP contribution >= 0.6 is 0 Å². The molecule has 0 bridgehead atoms. The van der Waals surface area contributed by atoms with Gasteiger partial charge in [0.15, 0.2) is 0 Å². The fourth-order valence-corrected chi connectivity index (χ4v) is 1.44. The number of para-hydroxylation sites is 1. The minimum absolute atomic E-state index is 0.0242. The van der Waals surface area contributed by atoms with Gasteiger partial charge in [0.2, 0.25) is 0 Å². The molecule has 0 aliphatic rings. The summed E-state index contributed by atoms with van der Waals surface area (Å²) in [6, 6.07) is 5.17. The summed E-state index contributed by atoms with van der Waals surface area (Å²) in [5.41, 5.74) is -0.428. The van der Waals surface area contributed by atoms with E-state index in [-0.39, 0.29) is 12.2 Å². The number of benzene rings is 1. The van der Waals surface area contributed by atoms with Crippen molar-refractivity contribution in [3.63, 3.8) is 0 Å². The highest BCUT2D eigenvalue weighted by atomic mass is 19.4. The SMILES string of the molecule is COC(=O)/C(C)=C/CNc1ccccc1C(F)(F)F. The third kappa shape index (κ3) is 4.31. The number of hydrogen-bond donors (Lipinski definition) is 1. The molecule has 1 aromatic rings. The van der Waals surface area contributed by atoms with Crippen LogP contribution in [0.5, 0.6) is 0 Å². The molecule has 104 valence electrons. The summed E-state index contributed by atoms with van der Waals surface area (Å²) in [7, 11) is 1.24. The maximum atomic E-state index is 12.7. The zero-order valence-electron chi connectivity index (χ0n) is 10.5. The minimum Gasteiger partial charge on any atom is -0.466 e. The Balaban J connectivity index is 2.77. The number of methoxy groups -OCH3 is 1. The van der Waals surface area contributed by atoms with Gasteiger partial charge in [0, 0.05) is 17.8 Å². The number of halogens is 3. The van der Waals surface area contributed by atoms with Gasteiger partial charge in [-0.05, 0) is 19.1 Å². The first-order valence-electron chi connectivity index (χ1n) is 5.51. The van der Waals surface area contributed by atoms with Crippen molar-refractivity contribution in [2.45, 2.75) is 13.1 Å². The summed E-state index contributed by atoms with van der Waals surface area (Å²) in [6.07, 6.45) is -2.94. The van der Waals surface area contributed by atoms with Crippen molar-refractivity contribution < 1.29 is 22.7 Å². The summed E-state index contributed by atoms with van der Waals surface area (Å²) in [4.78, 5) is 11.1. The van der Waals surface area contributed by atoms with Crippen LogP contribution in [0.15, 0.2) is 35.9 Å². The molecular weight excluding hydrogens is 259 g/mol. The molecule has 0 aliphatic carbocycles. The summed E-state index contributed by atoms with van der Waals surface area (Å²) < 4.78 is 42.5. The van der Waals surface area contributed by atoms with E-state index in [1.807, 2.05) is 0 Å². The molecule has 1 N–H and O–H groups in total. The van der Waals surface area contributed by atoms with Gasteiger partial charge in [-0.1, -0.05) is 18.2 Å². The number of rotatable bonds is 4. The van der Waals surface area contributed by atoms with Crippen molar-refractivity contribution in [3.8, 4) is 0 Å². The monoisotopic (exact) mass is 273 g/mol. The molecule has 0 atom stereocenters. The molecule has 0 saturated heterocycles. The fraction of sp³-hybridized carbons (Fsp3) is 0.308. The number of esters is 1. The lowest BCUT2D eigenvalue weighted by molar-refractivity contribution is -0.137. The zero-order chi connectivity index (χ0) is 14.5. The average molecular weight is 273 g/mol. The first-order chi connectivity index (χ1) is 8.86. The van der Waals surface area contributed by atoms with E-state index in [0.717, 1.165) is 6.07 Å². The molecule has 19 heavy (non-hydrogen) atoms. The molecule has 0 heterocycles. The first-order valence-corrected chi connectivity index (χ1v) is 5.51. The third-order valence-electron chi connectivity index (χ3n) is 2.44. The Morgan fingerprint density at radius 2 is 2.00 bits per heavy atom. The molecule has 0 spiro atoms. The van der Waals surface area contributed by atoms with Gasteiger partial charge in [-0.15, -0.1) is 0 Å². The van der Waals surface area contributed by atoms with Crippen LogP contribution in [0.2, 0.25) is 0 Å². The topological polar surface area (TPSA) is 38.3 Å². The van der Waals surface area contributed by atoms with Gasteiger partial charge < -0.3 is 10.1 Å². The number of anilines is 1. The van der Waals surface area contributed by atoms with Gasteiger partial charge in [0.25, 0.3) is 0 Å². The van der Waals surface area contributed by atoms with Crippen molar-refractivity contribution in [2.75, 3.05) is 19.0 Å². The fourth-order valence-electron chi connectivity index (χ4n) is 1.44. The summed E-state index contributed by atoms with van der Waals surface area (Å²) in [5, 5.41) is 2.63. The molecule has 3 nitrogen and oxygen atoms in total. The molecule has 0 saturated carbocycles. The van der Waals surface area contributed by atoms with Crippen LogP contribution in [0.25, 0.3) is 0 Å². The van der Waals surface area contributed by atoms with Crippen LogP contribution < -0.4 is 5.32 Å². The van der Waals surface area contributed by atoms with Crippen LogP contribution in [0.1, 0.15) is 12.5 Å². The Kier molecular flexibility index (Phi) is 4.97. The second kappa shape index (κ2) is 6.26. The van der Waals surface area contributed by atoms with E-state index in [0.29, 0.717) is 5.57 Å². The van der Waals surface area contributed by atoms with Gasteiger partial charge in [-0.25, -0.2) is 4.79 Å². The predicted octanol–water partition coefficient (Wildman–Crippen LogP) is 3.24. The van der Waals surface area contributed by atoms with Crippen molar-refractivity contribution in [3.05, 3.63) is 41.5 Å². The van der Waals surface area contributed by atoms with Gasteiger partial charge in [0.1, 0.15) is 0 Å². The molecule has 1 aromatic carbocycles. The largest absolute Gasteiger partial charge is 0.466 e. The number of ether oxygens (including phenoxy) is 1. The average Bonchev–Trinajstić information content (AvgIpc) is 2.37. The maximum absolute atomic E-state index is 12.7. The Hall–Kier alpha value is -1.98. The summed E-state index contributed by atoms with van der Waals surface area (Å²) in [5.74, 6) is -0.508. The van der Waals surface area contributed by atoms with Gasteiger partial charge in [-0.3, -0.25) is 0 Å². The number of carbonyl (C=O) groups is 1. The van der Waals surface area contributed by atoms with E-state index < -0.39 is 17.7 Å². The number of hydrogen-bond acceptors (Lipinski definition) is 3. The zero-order valence-corrected chi connectivity index (χ0v) is 10.5. The molecule has 0 unspecified atom stereocenters. The van der Waals surface area contributed by atoms with Crippen LogP contribution in [-0.2, 0) is 15.7 Å². The van der Waals surface area contributed by atoms with Crippen molar-refractivity contribution in [2.24, 2.45) is 0 Å². The van der Waals surface area contributed by atoms with E-state index in [9.17, 15) is 18.0 Å². The van der Waals surface area contributed by atoms with Crippen molar-refractivity contribution in [1.29, 1.82) is 0 Å². The molecule has 0 aliphatic heterocycles. The van der Waals surface area contributed by atoms with Crippen LogP contribution in [-0.4, -0.2) is 19.6 Å². The van der Waals surface area contributed by atoms with E-state index in [2.05, 4.69) is 10.1 Å². The molecular formula is C13H14F3NO2. The normalized spacial score (nSPS) is 12.2. The first kappa shape index (κ1) is 15.1. The lowest BCUT2D eigenvalue weighted by atomic mass is 10.1.